The Bertz CT molecular complexity index is 645. The van der Waals surface area contributed by atoms with E-state index in [0.717, 1.165) is 43.2 Å². The van der Waals surface area contributed by atoms with Gasteiger partial charge in [-0.3, -0.25) is 9.59 Å². The lowest BCUT2D eigenvalue weighted by Gasteiger charge is -2.20. The Morgan fingerprint density at radius 2 is 1.73 bits per heavy atom. The first kappa shape index (κ1) is 20.4. The molecule has 0 radical (unpaired) electrons. The lowest BCUT2D eigenvalue weighted by atomic mass is 9.85. The summed E-state index contributed by atoms with van der Waals surface area (Å²) < 4.78 is 15.2. The third-order valence-corrected chi connectivity index (χ3v) is 4.09. The van der Waals surface area contributed by atoms with Crippen LogP contribution in [0, 0.1) is 0 Å². The molecule has 6 nitrogen and oxygen atoms in total. The summed E-state index contributed by atoms with van der Waals surface area (Å²) in [5.74, 6) is -0.269. The van der Waals surface area contributed by atoms with Crippen LogP contribution in [0.5, 0.6) is 0 Å². The Morgan fingerprint density at radius 3 is 2.23 bits per heavy atom. The molecule has 0 aromatic heterocycles. The molecule has 144 valence electrons. The highest BCUT2D eigenvalue weighted by Gasteiger charge is 2.38. The topological polar surface area (TPSA) is 73.9 Å². The molecule has 1 aromatic rings. The van der Waals surface area contributed by atoms with E-state index in [0.29, 0.717) is 0 Å². The fourth-order valence-electron chi connectivity index (χ4n) is 2.71. The first-order chi connectivity index (χ1) is 12.1. The number of esters is 1. The second-order valence-corrected chi connectivity index (χ2v) is 7.95. The molecule has 6 heteroatoms. The number of fused-ring (bicyclic) bond motifs is 1. The van der Waals surface area contributed by atoms with Gasteiger partial charge in [-0.1, -0.05) is 12.1 Å². The lowest BCUT2D eigenvalue weighted by Crippen LogP contribution is -2.27. The molecule has 0 spiro atoms. The average molecular weight is 363 g/mol. The number of hydrogen-bond donors (Lipinski definition) is 1. The van der Waals surface area contributed by atoms with Crippen molar-refractivity contribution < 1.29 is 23.8 Å². The Kier molecular flexibility index (Phi) is 6.42. The molecule has 0 saturated carbocycles. The molecule has 0 bridgehead atoms. The van der Waals surface area contributed by atoms with Gasteiger partial charge in [-0.15, -0.1) is 0 Å². The third-order valence-electron chi connectivity index (χ3n) is 4.09. The molecule has 1 amide bonds. The van der Waals surface area contributed by atoms with Crippen molar-refractivity contribution in [1.29, 1.82) is 0 Å². The molecule has 1 aromatic carbocycles. The molecule has 0 aliphatic carbocycles. The van der Waals surface area contributed by atoms with Crippen LogP contribution in [0.15, 0.2) is 18.2 Å². The van der Waals surface area contributed by atoms with Crippen LogP contribution in [0.1, 0.15) is 45.7 Å². The molecule has 1 N–H and O–H groups in total. The van der Waals surface area contributed by atoms with Gasteiger partial charge in [0.15, 0.2) is 0 Å². The Hall–Kier alpha value is -1.92. The van der Waals surface area contributed by atoms with Crippen LogP contribution in [0.25, 0.3) is 0 Å². The molecule has 0 unspecified atom stereocenters. The maximum atomic E-state index is 11.9. The summed E-state index contributed by atoms with van der Waals surface area (Å²) >= 11 is 0. The fourth-order valence-corrected chi connectivity index (χ4v) is 2.71. The van der Waals surface area contributed by atoms with E-state index in [4.69, 9.17) is 14.2 Å². The van der Waals surface area contributed by atoms with Crippen molar-refractivity contribution in [2.45, 2.75) is 52.1 Å². The van der Waals surface area contributed by atoms with Gasteiger partial charge in [0, 0.05) is 5.69 Å². The highest BCUT2D eigenvalue weighted by molar-refractivity contribution is 6.05. The highest BCUT2D eigenvalue weighted by atomic mass is 16.6. The van der Waals surface area contributed by atoms with Crippen molar-refractivity contribution >= 4 is 17.6 Å². The number of hydrogen-bond acceptors (Lipinski definition) is 5. The zero-order chi connectivity index (χ0) is 19.4. The number of benzene rings is 1. The minimum atomic E-state index is -0.556. The zero-order valence-electron chi connectivity index (χ0n) is 16.3. The van der Waals surface area contributed by atoms with E-state index in [1.165, 1.54) is 0 Å². The van der Waals surface area contributed by atoms with Gasteiger partial charge < -0.3 is 19.5 Å². The predicted octanol–water partition coefficient (Wildman–Crippen LogP) is 2.83. The van der Waals surface area contributed by atoms with E-state index < -0.39 is 11.0 Å². The molecule has 2 heterocycles. The van der Waals surface area contributed by atoms with Crippen LogP contribution in [0.2, 0.25) is 0 Å². The Labute approximate surface area is 155 Å². The molecule has 26 heavy (non-hydrogen) atoms. The van der Waals surface area contributed by atoms with Gasteiger partial charge in [0.1, 0.15) is 5.60 Å². The second-order valence-electron chi connectivity index (χ2n) is 7.95. The van der Waals surface area contributed by atoms with E-state index >= 15 is 0 Å². The highest BCUT2D eigenvalue weighted by Crippen LogP contribution is 2.37. The smallest absolute Gasteiger partial charge is 0.310 e. The summed E-state index contributed by atoms with van der Waals surface area (Å²) in [6.07, 6.45) is 0.217. The van der Waals surface area contributed by atoms with Crippen molar-refractivity contribution in [2.75, 3.05) is 31.7 Å². The SMILES string of the molecule is C1COCCO1.CC(C)(C)OC(=O)Cc1ccc2c(c1)C(C)(C)C(=O)N2. The molecule has 3 rings (SSSR count). The minimum absolute atomic E-state index is 0.0121. The summed E-state index contributed by atoms with van der Waals surface area (Å²) in [7, 11) is 0. The normalized spacial score (nSPS) is 18.3. The van der Waals surface area contributed by atoms with Crippen LogP contribution in [-0.2, 0) is 35.6 Å². The summed E-state index contributed by atoms with van der Waals surface area (Å²) in [6.45, 7) is 12.4. The van der Waals surface area contributed by atoms with Crippen molar-refractivity contribution in [2.24, 2.45) is 0 Å². The van der Waals surface area contributed by atoms with E-state index in [9.17, 15) is 9.59 Å². The quantitative estimate of drug-likeness (QED) is 0.818. The first-order valence-electron chi connectivity index (χ1n) is 8.92. The second kappa shape index (κ2) is 8.18. The summed E-state index contributed by atoms with van der Waals surface area (Å²) in [4.78, 5) is 23.7. The zero-order valence-corrected chi connectivity index (χ0v) is 16.3. The van der Waals surface area contributed by atoms with Gasteiger partial charge in [0.05, 0.1) is 38.3 Å². The van der Waals surface area contributed by atoms with Crippen molar-refractivity contribution in [1.82, 2.24) is 0 Å². The van der Waals surface area contributed by atoms with Gasteiger partial charge in [-0.2, -0.15) is 0 Å². The monoisotopic (exact) mass is 363 g/mol. The summed E-state index contributed by atoms with van der Waals surface area (Å²) in [6, 6.07) is 5.61. The Balaban J connectivity index is 0.000000342. The number of anilines is 1. The Morgan fingerprint density at radius 1 is 1.15 bits per heavy atom. The maximum absolute atomic E-state index is 11.9. The summed E-state index contributed by atoms with van der Waals surface area (Å²) in [5, 5.41) is 2.85. The van der Waals surface area contributed by atoms with E-state index in [1.807, 2.05) is 52.8 Å². The molecule has 2 aliphatic heterocycles. The first-order valence-corrected chi connectivity index (χ1v) is 8.92. The molecule has 0 atom stereocenters. The molecular formula is C20H29NO5. The molecule has 2 aliphatic rings. The average Bonchev–Trinajstić information content (AvgIpc) is 2.78. The van der Waals surface area contributed by atoms with Crippen LogP contribution in [-0.4, -0.2) is 43.9 Å². The van der Waals surface area contributed by atoms with Gasteiger partial charge in [0.25, 0.3) is 0 Å². The maximum Gasteiger partial charge on any atom is 0.310 e. The fraction of sp³-hybridized carbons (Fsp3) is 0.600. The number of rotatable bonds is 2. The number of ether oxygens (including phenoxy) is 3. The van der Waals surface area contributed by atoms with Crippen LogP contribution >= 0.6 is 0 Å². The minimum Gasteiger partial charge on any atom is -0.460 e. The molecular weight excluding hydrogens is 334 g/mol. The van der Waals surface area contributed by atoms with Gasteiger partial charge in [-0.05, 0) is 51.8 Å². The standard InChI is InChI=1S/C16H21NO3.C4H8O2/c1-15(2,3)20-13(18)9-10-6-7-12-11(8-10)16(4,5)14(19)17-12;1-2-6-4-3-5-1/h6-8H,9H2,1-5H3,(H,17,19);1-4H2. The van der Waals surface area contributed by atoms with E-state index in [-0.39, 0.29) is 18.3 Å². The third kappa shape index (κ3) is 5.54. The van der Waals surface area contributed by atoms with E-state index in [1.54, 1.807) is 0 Å². The van der Waals surface area contributed by atoms with Gasteiger partial charge in [0.2, 0.25) is 5.91 Å². The van der Waals surface area contributed by atoms with Crippen LogP contribution in [0.3, 0.4) is 0 Å². The summed E-state index contributed by atoms with van der Waals surface area (Å²) in [5.41, 5.74) is 1.59. The largest absolute Gasteiger partial charge is 0.460 e. The van der Waals surface area contributed by atoms with E-state index in [2.05, 4.69) is 5.32 Å². The number of nitrogens with one attached hydrogen (secondary N) is 1. The van der Waals surface area contributed by atoms with Crippen LogP contribution in [0.4, 0.5) is 5.69 Å². The van der Waals surface area contributed by atoms with Crippen molar-refractivity contribution in [3.8, 4) is 0 Å². The van der Waals surface area contributed by atoms with Crippen molar-refractivity contribution in [3.05, 3.63) is 29.3 Å². The van der Waals surface area contributed by atoms with Crippen molar-refractivity contribution in [3.63, 3.8) is 0 Å². The van der Waals surface area contributed by atoms with Gasteiger partial charge >= 0.3 is 5.97 Å². The molecule has 1 saturated heterocycles. The number of amides is 1. The molecule has 1 fully saturated rings. The van der Waals surface area contributed by atoms with Gasteiger partial charge in [-0.25, -0.2) is 0 Å². The number of carbonyl (C=O) groups is 2. The predicted molar refractivity (Wildman–Crippen MR) is 99.3 cm³/mol. The number of carbonyl (C=O) groups excluding carboxylic acids is 2. The van der Waals surface area contributed by atoms with Crippen LogP contribution < -0.4 is 5.32 Å². The lowest BCUT2D eigenvalue weighted by molar-refractivity contribution is -0.153.